The zero-order valence-corrected chi connectivity index (χ0v) is 9.74. The predicted octanol–water partition coefficient (Wildman–Crippen LogP) is 2.54. The second-order valence-electron chi connectivity index (χ2n) is 3.95. The highest BCUT2D eigenvalue weighted by Crippen LogP contribution is 2.31. The van der Waals surface area contributed by atoms with Crippen LogP contribution >= 0.6 is 11.6 Å². The molecule has 0 heterocycles. The lowest BCUT2D eigenvalue weighted by Crippen LogP contribution is -2.24. The minimum atomic E-state index is -1.49. The molecule has 17 heavy (non-hydrogen) atoms. The largest absolute Gasteiger partial charge is 0.489 e. The smallest absolute Gasteiger partial charge is 0.377 e. The molecule has 5 heteroatoms. The Kier molecular flexibility index (Phi) is 3.33. The lowest BCUT2D eigenvalue weighted by Gasteiger charge is -2.26. The molecule has 0 aromatic heterocycles. The van der Waals surface area contributed by atoms with Crippen LogP contribution in [-0.2, 0) is 4.79 Å². The van der Waals surface area contributed by atoms with Crippen molar-refractivity contribution in [3.05, 3.63) is 28.8 Å². The number of aliphatic carboxylic acids is 1. The summed E-state index contributed by atoms with van der Waals surface area (Å²) in [6.45, 7) is 0. The molecular weight excluding hydrogens is 244 g/mol. The van der Waals surface area contributed by atoms with Crippen molar-refractivity contribution in [2.45, 2.75) is 25.4 Å². The van der Waals surface area contributed by atoms with Crippen molar-refractivity contribution in [3.63, 3.8) is 0 Å². The van der Waals surface area contributed by atoms with Crippen LogP contribution in [0.5, 0.6) is 5.75 Å². The van der Waals surface area contributed by atoms with Gasteiger partial charge >= 0.3 is 5.97 Å². The summed E-state index contributed by atoms with van der Waals surface area (Å²) in [7, 11) is 0. The molecular formula is C12H11ClO4. The third-order valence-corrected chi connectivity index (χ3v) is 3.03. The Bertz CT molecular complexity index is 466. The summed E-state index contributed by atoms with van der Waals surface area (Å²) in [6, 6.07) is 4.28. The van der Waals surface area contributed by atoms with E-state index in [-0.39, 0.29) is 16.7 Å². The van der Waals surface area contributed by atoms with Crippen LogP contribution in [0.4, 0.5) is 0 Å². The second-order valence-corrected chi connectivity index (χ2v) is 4.36. The maximum absolute atomic E-state index is 11.2. The Morgan fingerprint density at radius 1 is 1.35 bits per heavy atom. The first-order valence-corrected chi connectivity index (χ1v) is 5.69. The fourth-order valence-electron chi connectivity index (χ4n) is 1.53. The molecule has 90 valence electrons. The van der Waals surface area contributed by atoms with E-state index in [2.05, 4.69) is 0 Å². The number of carboxylic acid groups (broad SMARTS) is 1. The third kappa shape index (κ3) is 2.58. The maximum Gasteiger partial charge on any atom is 0.377 e. The number of ether oxygens (including phenoxy) is 1. The fraction of sp³-hybridized carbons (Fsp3) is 0.333. The number of carboxylic acids is 1. The van der Waals surface area contributed by atoms with Crippen LogP contribution in [0.25, 0.3) is 0 Å². The molecule has 1 aromatic rings. The van der Waals surface area contributed by atoms with Gasteiger partial charge in [0.1, 0.15) is 5.75 Å². The number of rotatable bonds is 4. The Labute approximate surface area is 103 Å². The number of carbonyl (C=O) groups excluding carboxylic acids is 1. The van der Waals surface area contributed by atoms with Gasteiger partial charge in [-0.1, -0.05) is 11.6 Å². The zero-order valence-electron chi connectivity index (χ0n) is 8.98. The molecule has 1 aromatic carbocycles. The van der Waals surface area contributed by atoms with Gasteiger partial charge in [-0.15, -0.1) is 0 Å². The molecule has 0 bridgehead atoms. The monoisotopic (exact) mass is 254 g/mol. The van der Waals surface area contributed by atoms with E-state index < -0.39 is 11.8 Å². The topological polar surface area (TPSA) is 63.6 Å². The molecule has 1 aliphatic carbocycles. The van der Waals surface area contributed by atoms with E-state index >= 15 is 0 Å². The highest BCUT2D eigenvalue weighted by atomic mass is 35.5. The number of Topliss-reactive ketones (excluding diaryl/α,β-unsaturated/α-hetero) is 1. The highest BCUT2D eigenvalue weighted by Gasteiger charge is 2.21. The van der Waals surface area contributed by atoms with Crippen LogP contribution in [0.3, 0.4) is 0 Å². The van der Waals surface area contributed by atoms with Crippen LogP contribution in [-0.4, -0.2) is 23.0 Å². The van der Waals surface area contributed by atoms with E-state index in [0.717, 1.165) is 19.3 Å². The summed E-state index contributed by atoms with van der Waals surface area (Å²) in [5, 5.41) is 8.83. The summed E-state index contributed by atoms with van der Waals surface area (Å²) >= 11 is 5.93. The van der Waals surface area contributed by atoms with Crippen LogP contribution in [0.2, 0.25) is 5.02 Å². The molecule has 0 amide bonds. The second kappa shape index (κ2) is 4.75. The zero-order chi connectivity index (χ0) is 12.4. The van der Waals surface area contributed by atoms with E-state index in [1.54, 1.807) is 0 Å². The van der Waals surface area contributed by atoms with Gasteiger partial charge in [-0.05, 0) is 37.5 Å². The number of hydrogen-bond acceptors (Lipinski definition) is 3. The van der Waals surface area contributed by atoms with Crippen LogP contribution < -0.4 is 4.74 Å². The van der Waals surface area contributed by atoms with Crippen molar-refractivity contribution in [2.75, 3.05) is 0 Å². The SMILES string of the molecule is O=C(O)C(=O)c1ccc(OC2CCC2)c(Cl)c1. The van der Waals surface area contributed by atoms with Gasteiger partial charge in [0.25, 0.3) is 5.78 Å². The van der Waals surface area contributed by atoms with E-state index in [1.807, 2.05) is 0 Å². The van der Waals surface area contributed by atoms with Crippen molar-refractivity contribution >= 4 is 23.4 Å². The number of ketones is 1. The summed E-state index contributed by atoms with van der Waals surface area (Å²) < 4.78 is 5.59. The summed E-state index contributed by atoms with van der Waals surface area (Å²) in [5.74, 6) is -1.96. The maximum atomic E-state index is 11.2. The van der Waals surface area contributed by atoms with E-state index in [1.165, 1.54) is 18.2 Å². The molecule has 2 rings (SSSR count). The molecule has 0 radical (unpaired) electrons. The Hall–Kier alpha value is -1.55. The van der Waals surface area contributed by atoms with E-state index in [9.17, 15) is 9.59 Å². The van der Waals surface area contributed by atoms with Gasteiger partial charge < -0.3 is 9.84 Å². The van der Waals surface area contributed by atoms with Gasteiger partial charge in [0.05, 0.1) is 11.1 Å². The lowest BCUT2D eigenvalue weighted by atomic mass is 9.96. The molecule has 1 aliphatic rings. The van der Waals surface area contributed by atoms with Gasteiger partial charge in [0.2, 0.25) is 0 Å². The fourth-order valence-corrected chi connectivity index (χ4v) is 1.75. The Morgan fingerprint density at radius 3 is 2.53 bits per heavy atom. The molecule has 0 spiro atoms. The van der Waals surface area contributed by atoms with Crippen LogP contribution in [0, 0.1) is 0 Å². The van der Waals surface area contributed by atoms with Crippen LogP contribution in [0.15, 0.2) is 18.2 Å². The summed E-state index contributed by atoms with van der Waals surface area (Å²) in [5.41, 5.74) is 0.0588. The van der Waals surface area contributed by atoms with Crippen molar-refractivity contribution in [1.82, 2.24) is 0 Å². The highest BCUT2D eigenvalue weighted by molar-refractivity contribution is 6.40. The van der Waals surface area contributed by atoms with Crippen molar-refractivity contribution in [1.29, 1.82) is 0 Å². The molecule has 0 aliphatic heterocycles. The van der Waals surface area contributed by atoms with Crippen LogP contribution in [0.1, 0.15) is 29.6 Å². The first-order valence-electron chi connectivity index (χ1n) is 5.32. The van der Waals surface area contributed by atoms with E-state index in [4.69, 9.17) is 21.4 Å². The first-order chi connectivity index (χ1) is 8.08. The number of carbonyl (C=O) groups is 2. The quantitative estimate of drug-likeness (QED) is 0.662. The van der Waals surface area contributed by atoms with E-state index in [0.29, 0.717) is 5.75 Å². The minimum absolute atomic E-state index is 0.0588. The van der Waals surface area contributed by atoms with Gasteiger partial charge in [0.15, 0.2) is 0 Å². The lowest BCUT2D eigenvalue weighted by molar-refractivity contribution is -0.131. The molecule has 0 atom stereocenters. The molecule has 1 N–H and O–H groups in total. The average Bonchev–Trinajstić information content (AvgIpc) is 2.23. The number of benzene rings is 1. The summed E-state index contributed by atoms with van der Waals surface area (Å²) in [4.78, 5) is 21.7. The summed E-state index contributed by atoms with van der Waals surface area (Å²) in [6.07, 6.45) is 3.35. The average molecular weight is 255 g/mol. The van der Waals surface area contributed by atoms with Gasteiger partial charge in [-0.2, -0.15) is 0 Å². The first kappa shape index (κ1) is 11.9. The molecule has 1 fully saturated rings. The predicted molar refractivity (Wildman–Crippen MR) is 61.7 cm³/mol. The van der Waals surface area contributed by atoms with Gasteiger partial charge in [-0.3, -0.25) is 4.79 Å². The molecule has 1 saturated carbocycles. The van der Waals surface area contributed by atoms with Crippen molar-refractivity contribution in [3.8, 4) is 5.75 Å². The minimum Gasteiger partial charge on any atom is -0.489 e. The standard InChI is InChI=1S/C12H11ClO4/c13-9-6-7(11(14)12(15)16)4-5-10(9)17-8-2-1-3-8/h4-6,8H,1-3H2,(H,15,16). The van der Waals surface area contributed by atoms with Gasteiger partial charge in [-0.25, -0.2) is 4.79 Å². The van der Waals surface area contributed by atoms with Crippen molar-refractivity contribution < 1.29 is 19.4 Å². The number of halogens is 1. The van der Waals surface area contributed by atoms with Crippen molar-refractivity contribution in [2.24, 2.45) is 0 Å². The molecule has 0 saturated heterocycles. The normalized spacial score (nSPS) is 15.1. The Morgan fingerprint density at radius 2 is 2.06 bits per heavy atom. The molecule has 0 unspecified atom stereocenters. The number of hydrogen-bond donors (Lipinski definition) is 1. The van der Waals surface area contributed by atoms with Gasteiger partial charge in [0, 0.05) is 5.56 Å². The Balaban J connectivity index is 2.15. The third-order valence-electron chi connectivity index (χ3n) is 2.73. The molecule has 4 nitrogen and oxygen atoms in total.